The number of carbonyl (C=O) groups excluding carboxylic acids is 4. The fourth-order valence-electron chi connectivity index (χ4n) is 2.37. The summed E-state index contributed by atoms with van der Waals surface area (Å²) in [5, 5.41) is 35.0. The molecule has 0 aromatic carbocycles. The Bertz CT molecular complexity index is 642. The van der Waals surface area contributed by atoms with Crippen LogP contribution in [0.3, 0.4) is 0 Å². The zero-order valence-corrected chi connectivity index (χ0v) is 17.1. The standard InChI is InChI=1S/C17H31N5O8/c1-4-7(2)12(17(29)30)21-15(27)10(6-23)20-16(28)13(8(3)24)22-14(26)9(18)5-11(19)25/h7-10,12-13,23-24H,4-6,18H2,1-3H3,(H2,19,25)(H,20,28)(H,21,27)(H,22,26)(H,29,30). The molecule has 0 aliphatic carbocycles. The fraction of sp³-hybridized carbons (Fsp3) is 0.706. The predicted octanol–water partition coefficient (Wildman–Crippen LogP) is -3.85. The van der Waals surface area contributed by atoms with Crippen LogP contribution in [0.15, 0.2) is 0 Å². The van der Waals surface area contributed by atoms with Gasteiger partial charge in [0.2, 0.25) is 23.6 Å². The summed E-state index contributed by atoms with van der Waals surface area (Å²) in [6, 6.07) is -5.71. The van der Waals surface area contributed by atoms with Crippen LogP contribution < -0.4 is 27.4 Å². The summed E-state index contributed by atoms with van der Waals surface area (Å²) in [7, 11) is 0. The summed E-state index contributed by atoms with van der Waals surface area (Å²) >= 11 is 0. The zero-order valence-electron chi connectivity index (χ0n) is 17.1. The van der Waals surface area contributed by atoms with E-state index < -0.39 is 78.8 Å². The van der Waals surface area contributed by atoms with Crippen LogP contribution in [-0.2, 0) is 24.0 Å². The third kappa shape index (κ3) is 8.71. The van der Waals surface area contributed by atoms with E-state index in [1.54, 1.807) is 13.8 Å². The molecule has 0 spiro atoms. The van der Waals surface area contributed by atoms with Crippen molar-refractivity contribution in [1.29, 1.82) is 0 Å². The van der Waals surface area contributed by atoms with E-state index in [2.05, 4.69) is 16.0 Å². The van der Waals surface area contributed by atoms with Crippen molar-refractivity contribution < 1.29 is 39.3 Å². The molecule has 6 unspecified atom stereocenters. The molecule has 4 amide bonds. The second kappa shape index (κ2) is 12.7. The summed E-state index contributed by atoms with van der Waals surface area (Å²) in [4.78, 5) is 58.9. The molecule has 6 atom stereocenters. The number of carbonyl (C=O) groups is 5. The van der Waals surface area contributed by atoms with Crippen LogP contribution in [0.4, 0.5) is 0 Å². The lowest BCUT2D eigenvalue weighted by atomic mass is 9.99. The average Bonchev–Trinajstić information content (AvgIpc) is 2.65. The maximum atomic E-state index is 12.4. The molecule has 10 N–H and O–H groups in total. The number of nitrogens with two attached hydrogens (primary N) is 2. The molecular formula is C17H31N5O8. The van der Waals surface area contributed by atoms with Crippen LogP contribution in [0.5, 0.6) is 0 Å². The fourth-order valence-corrected chi connectivity index (χ4v) is 2.37. The lowest BCUT2D eigenvalue weighted by molar-refractivity contribution is -0.144. The van der Waals surface area contributed by atoms with Gasteiger partial charge in [0.25, 0.3) is 0 Å². The van der Waals surface area contributed by atoms with E-state index in [-0.39, 0.29) is 0 Å². The second-order valence-corrected chi connectivity index (χ2v) is 6.96. The van der Waals surface area contributed by atoms with Crippen molar-refractivity contribution in [3.05, 3.63) is 0 Å². The molecule has 0 saturated carbocycles. The molecule has 30 heavy (non-hydrogen) atoms. The Balaban J connectivity index is 5.22. The Morgan fingerprint density at radius 3 is 1.87 bits per heavy atom. The molecule has 0 bridgehead atoms. The number of rotatable bonds is 13. The van der Waals surface area contributed by atoms with Crippen LogP contribution in [0.25, 0.3) is 0 Å². The topological polar surface area (TPSA) is 234 Å². The number of aliphatic hydroxyl groups excluding tert-OH is 2. The number of hydrogen-bond donors (Lipinski definition) is 8. The highest BCUT2D eigenvalue weighted by Gasteiger charge is 2.33. The van der Waals surface area contributed by atoms with Gasteiger partial charge in [-0.3, -0.25) is 19.2 Å². The van der Waals surface area contributed by atoms with E-state index in [0.717, 1.165) is 0 Å². The zero-order chi connectivity index (χ0) is 23.6. The quantitative estimate of drug-likeness (QED) is 0.142. The van der Waals surface area contributed by atoms with Gasteiger partial charge in [0.1, 0.15) is 18.1 Å². The normalized spacial score (nSPS) is 16.9. The molecule has 0 fully saturated rings. The van der Waals surface area contributed by atoms with Crippen LogP contribution >= 0.6 is 0 Å². The Morgan fingerprint density at radius 1 is 0.933 bits per heavy atom. The van der Waals surface area contributed by atoms with E-state index in [1.165, 1.54) is 6.92 Å². The van der Waals surface area contributed by atoms with Crippen molar-refractivity contribution in [3.63, 3.8) is 0 Å². The number of aliphatic hydroxyl groups is 2. The van der Waals surface area contributed by atoms with Crippen molar-refractivity contribution in [2.45, 2.75) is 63.9 Å². The van der Waals surface area contributed by atoms with Crippen LogP contribution in [-0.4, -0.2) is 81.8 Å². The molecule has 0 heterocycles. The van der Waals surface area contributed by atoms with E-state index in [1.807, 2.05) is 0 Å². The number of primary amides is 1. The molecular weight excluding hydrogens is 402 g/mol. The highest BCUT2D eigenvalue weighted by atomic mass is 16.4. The van der Waals surface area contributed by atoms with Crippen molar-refractivity contribution in [3.8, 4) is 0 Å². The third-order valence-electron chi connectivity index (χ3n) is 4.41. The number of carboxylic acid groups (broad SMARTS) is 1. The van der Waals surface area contributed by atoms with E-state index >= 15 is 0 Å². The van der Waals surface area contributed by atoms with E-state index in [0.29, 0.717) is 6.42 Å². The average molecular weight is 433 g/mol. The Labute approximate surface area is 173 Å². The number of carboxylic acids is 1. The predicted molar refractivity (Wildman–Crippen MR) is 103 cm³/mol. The lowest BCUT2D eigenvalue weighted by Crippen LogP contribution is -2.61. The largest absolute Gasteiger partial charge is 0.480 e. The molecule has 0 aromatic rings. The minimum Gasteiger partial charge on any atom is -0.480 e. The van der Waals surface area contributed by atoms with Gasteiger partial charge in [0, 0.05) is 0 Å². The Kier molecular flexibility index (Phi) is 11.5. The summed E-state index contributed by atoms with van der Waals surface area (Å²) in [6.45, 7) is 3.66. The molecule has 13 nitrogen and oxygen atoms in total. The summed E-state index contributed by atoms with van der Waals surface area (Å²) < 4.78 is 0. The van der Waals surface area contributed by atoms with Crippen LogP contribution in [0, 0.1) is 5.92 Å². The van der Waals surface area contributed by atoms with Crippen LogP contribution in [0.2, 0.25) is 0 Å². The monoisotopic (exact) mass is 433 g/mol. The minimum atomic E-state index is -1.57. The SMILES string of the molecule is CCC(C)C(NC(=O)C(CO)NC(=O)C(NC(=O)C(N)CC(N)=O)C(C)O)C(=O)O. The molecule has 172 valence electrons. The molecule has 0 aromatic heterocycles. The highest BCUT2D eigenvalue weighted by molar-refractivity contribution is 5.95. The van der Waals surface area contributed by atoms with Crippen LogP contribution in [0.1, 0.15) is 33.6 Å². The summed E-state index contributed by atoms with van der Waals surface area (Å²) in [5.74, 6) is -5.48. The summed E-state index contributed by atoms with van der Waals surface area (Å²) in [5.41, 5.74) is 10.4. The Hall–Kier alpha value is -2.77. The van der Waals surface area contributed by atoms with Crippen molar-refractivity contribution in [2.24, 2.45) is 17.4 Å². The maximum absolute atomic E-state index is 12.4. The first kappa shape index (κ1) is 27.2. The highest BCUT2D eigenvalue weighted by Crippen LogP contribution is 2.08. The van der Waals surface area contributed by atoms with Gasteiger partial charge in [-0.2, -0.15) is 0 Å². The van der Waals surface area contributed by atoms with Gasteiger partial charge in [-0.1, -0.05) is 20.3 Å². The van der Waals surface area contributed by atoms with Gasteiger partial charge in [-0.15, -0.1) is 0 Å². The van der Waals surface area contributed by atoms with Gasteiger partial charge in [0.05, 0.1) is 25.2 Å². The smallest absolute Gasteiger partial charge is 0.326 e. The first-order valence-corrected chi connectivity index (χ1v) is 9.32. The van der Waals surface area contributed by atoms with Gasteiger partial charge in [0.15, 0.2) is 0 Å². The Morgan fingerprint density at radius 2 is 1.47 bits per heavy atom. The van der Waals surface area contributed by atoms with Gasteiger partial charge in [-0.25, -0.2) is 4.79 Å². The minimum absolute atomic E-state index is 0.419. The number of aliphatic carboxylic acids is 1. The lowest BCUT2D eigenvalue weighted by Gasteiger charge is -2.26. The van der Waals surface area contributed by atoms with Gasteiger partial charge < -0.3 is 42.7 Å². The molecule has 13 heteroatoms. The van der Waals surface area contributed by atoms with E-state index in [4.69, 9.17) is 11.5 Å². The molecule has 0 radical (unpaired) electrons. The molecule has 0 saturated heterocycles. The van der Waals surface area contributed by atoms with Crippen molar-refractivity contribution in [1.82, 2.24) is 16.0 Å². The molecule has 0 aliphatic heterocycles. The number of hydrogen-bond acceptors (Lipinski definition) is 8. The van der Waals surface area contributed by atoms with Crippen molar-refractivity contribution >= 4 is 29.6 Å². The number of nitrogens with one attached hydrogen (secondary N) is 3. The van der Waals surface area contributed by atoms with Crippen molar-refractivity contribution in [2.75, 3.05) is 6.61 Å². The summed E-state index contributed by atoms with van der Waals surface area (Å²) in [6.07, 6.45) is -1.47. The molecule has 0 aliphatic rings. The van der Waals surface area contributed by atoms with Gasteiger partial charge >= 0.3 is 5.97 Å². The first-order chi connectivity index (χ1) is 13.8. The first-order valence-electron chi connectivity index (χ1n) is 9.32. The third-order valence-corrected chi connectivity index (χ3v) is 4.41. The van der Waals surface area contributed by atoms with Gasteiger partial charge in [-0.05, 0) is 12.8 Å². The second-order valence-electron chi connectivity index (χ2n) is 6.96. The molecule has 0 rings (SSSR count). The maximum Gasteiger partial charge on any atom is 0.326 e. The number of amides is 4. The van der Waals surface area contributed by atoms with E-state index in [9.17, 15) is 39.3 Å².